The summed E-state index contributed by atoms with van der Waals surface area (Å²) in [7, 11) is 2.01. The molecule has 0 radical (unpaired) electrons. The maximum absolute atomic E-state index is 11.4. The van der Waals surface area contributed by atoms with Crippen molar-refractivity contribution in [2.24, 2.45) is 7.05 Å². The van der Waals surface area contributed by atoms with Crippen molar-refractivity contribution in [3.63, 3.8) is 0 Å². The molecule has 0 spiro atoms. The highest BCUT2D eigenvalue weighted by Crippen LogP contribution is 2.36. The van der Waals surface area contributed by atoms with E-state index in [9.17, 15) is 4.79 Å². The van der Waals surface area contributed by atoms with E-state index in [0.717, 1.165) is 18.4 Å². The van der Waals surface area contributed by atoms with E-state index in [1.165, 1.54) is 10.9 Å². The summed E-state index contributed by atoms with van der Waals surface area (Å²) < 4.78 is 2.09. The lowest BCUT2D eigenvalue weighted by atomic mass is 9.83. The lowest BCUT2D eigenvalue weighted by Gasteiger charge is -2.20. The van der Waals surface area contributed by atoms with E-state index < -0.39 is 0 Å². The normalized spacial score (nSPS) is 16.7. The maximum Gasteiger partial charge on any atom is 0.132 e. The largest absolute Gasteiger partial charge is 0.350 e. The molecular weight excluding hydrogens is 236 g/mol. The Labute approximate surface area is 112 Å². The van der Waals surface area contributed by atoms with E-state index in [1.54, 1.807) is 0 Å². The van der Waals surface area contributed by atoms with Gasteiger partial charge in [0.05, 0.1) is 11.6 Å². The number of hydrogen-bond acceptors (Lipinski definition) is 2. The summed E-state index contributed by atoms with van der Waals surface area (Å²) in [6.07, 6.45) is 5.48. The van der Waals surface area contributed by atoms with Crippen LogP contribution in [-0.4, -0.2) is 10.4 Å². The molecule has 0 amide bonds. The fourth-order valence-corrected chi connectivity index (χ4v) is 3.06. The Hall–Kier alpha value is -2.08. The van der Waals surface area contributed by atoms with Gasteiger partial charge < -0.3 is 4.57 Å². The van der Waals surface area contributed by atoms with Gasteiger partial charge in [-0.25, -0.2) is 0 Å². The SMILES string of the molecule is Cn1cc(C2CCC(=O)CC2)c2ccc(C#N)cc21. The molecule has 3 nitrogen and oxygen atoms in total. The number of fused-ring (bicyclic) bond motifs is 1. The molecule has 0 saturated heterocycles. The van der Waals surface area contributed by atoms with Crippen LogP contribution in [-0.2, 0) is 11.8 Å². The second kappa shape index (κ2) is 4.55. The van der Waals surface area contributed by atoms with Gasteiger partial charge in [-0.3, -0.25) is 4.79 Å². The molecule has 0 unspecified atom stereocenters. The minimum absolute atomic E-state index is 0.392. The highest BCUT2D eigenvalue weighted by atomic mass is 16.1. The Morgan fingerprint density at radius 1 is 1.32 bits per heavy atom. The predicted octanol–water partition coefficient (Wildman–Crippen LogP) is 3.28. The molecule has 3 heteroatoms. The highest BCUT2D eigenvalue weighted by molar-refractivity contribution is 5.86. The standard InChI is InChI=1S/C16H16N2O/c1-18-10-15(12-3-5-13(19)6-4-12)14-7-2-11(9-17)8-16(14)18/h2,7-8,10,12H,3-6H2,1H3. The minimum Gasteiger partial charge on any atom is -0.350 e. The Balaban J connectivity index is 2.05. The van der Waals surface area contributed by atoms with E-state index in [-0.39, 0.29) is 0 Å². The molecule has 1 heterocycles. The zero-order chi connectivity index (χ0) is 13.4. The summed E-state index contributed by atoms with van der Waals surface area (Å²) in [6, 6.07) is 8.04. The number of carbonyl (C=O) groups is 1. The van der Waals surface area contributed by atoms with Gasteiger partial charge in [0.1, 0.15) is 5.78 Å². The van der Waals surface area contributed by atoms with Gasteiger partial charge in [0.2, 0.25) is 0 Å². The highest BCUT2D eigenvalue weighted by Gasteiger charge is 2.23. The number of aromatic nitrogens is 1. The van der Waals surface area contributed by atoms with Crippen molar-refractivity contribution in [1.82, 2.24) is 4.57 Å². The number of rotatable bonds is 1. The van der Waals surface area contributed by atoms with Crippen molar-refractivity contribution in [2.45, 2.75) is 31.6 Å². The number of benzene rings is 1. The van der Waals surface area contributed by atoms with E-state index in [4.69, 9.17) is 5.26 Å². The fourth-order valence-electron chi connectivity index (χ4n) is 3.06. The van der Waals surface area contributed by atoms with Gasteiger partial charge in [-0.2, -0.15) is 5.26 Å². The lowest BCUT2D eigenvalue weighted by molar-refractivity contribution is -0.120. The van der Waals surface area contributed by atoms with Crippen molar-refractivity contribution in [3.05, 3.63) is 35.5 Å². The Morgan fingerprint density at radius 3 is 2.74 bits per heavy atom. The second-order valence-electron chi connectivity index (χ2n) is 5.35. The van der Waals surface area contributed by atoms with E-state index in [2.05, 4.69) is 16.8 Å². The molecule has 0 atom stereocenters. The van der Waals surface area contributed by atoms with Crippen molar-refractivity contribution in [3.8, 4) is 6.07 Å². The number of nitrogens with zero attached hydrogens (tertiary/aromatic N) is 2. The fraction of sp³-hybridized carbons (Fsp3) is 0.375. The van der Waals surface area contributed by atoms with E-state index >= 15 is 0 Å². The topological polar surface area (TPSA) is 45.8 Å². The first kappa shape index (κ1) is 12.0. The molecule has 2 aromatic rings. The molecule has 1 aromatic heterocycles. The summed E-state index contributed by atoms with van der Waals surface area (Å²) in [4.78, 5) is 11.4. The predicted molar refractivity (Wildman–Crippen MR) is 73.9 cm³/mol. The van der Waals surface area contributed by atoms with Crippen LogP contribution in [0.3, 0.4) is 0 Å². The summed E-state index contributed by atoms with van der Waals surface area (Å²) >= 11 is 0. The average Bonchev–Trinajstić information content (AvgIpc) is 2.76. The quantitative estimate of drug-likeness (QED) is 0.782. The van der Waals surface area contributed by atoms with Crippen LogP contribution in [0.1, 0.15) is 42.7 Å². The Bertz CT molecular complexity index is 681. The molecule has 19 heavy (non-hydrogen) atoms. The molecule has 1 aliphatic rings. The van der Waals surface area contributed by atoms with Gasteiger partial charge in [-0.1, -0.05) is 6.07 Å². The third-order valence-corrected chi connectivity index (χ3v) is 4.13. The molecular formula is C16H16N2O. The molecule has 1 fully saturated rings. The van der Waals surface area contributed by atoms with Gasteiger partial charge in [0.15, 0.2) is 0 Å². The van der Waals surface area contributed by atoms with E-state index in [1.807, 2.05) is 25.2 Å². The molecule has 96 valence electrons. The first-order chi connectivity index (χ1) is 9.19. The second-order valence-corrected chi connectivity index (χ2v) is 5.35. The molecule has 1 aromatic carbocycles. The van der Waals surface area contributed by atoms with Crippen molar-refractivity contribution >= 4 is 16.7 Å². The summed E-state index contributed by atoms with van der Waals surface area (Å²) in [5.74, 6) is 0.873. The monoisotopic (exact) mass is 252 g/mol. The number of hydrogen-bond donors (Lipinski definition) is 0. The molecule has 0 aliphatic heterocycles. The van der Waals surface area contributed by atoms with Crippen LogP contribution in [0.15, 0.2) is 24.4 Å². The summed E-state index contributed by atoms with van der Waals surface area (Å²) in [5, 5.41) is 10.2. The first-order valence-corrected chi connectivity index (χ1v) is 6.70. The van der Waals surface area contributed by atoms with Crippen LogP contribution in [0, 0.1) is 11.3 Å². The maximum atomic E-state index is 11.4. The van der Waals surface area contributed by atoms with Crippen molar-refractivity contribution in [1.29, 1.82) is 5.26 Å². The molecule has 0 bridgehead atoms. The van der Waals surface area contributed by atoms with Crippen LogP contribution < -0.4 is 0 Å². The number of Topliss-reactive ketones (excluding diaryl/α,β-unsaturated/α-hetero) is 1. The van der Waals surface area contributed by atoms with Gasteiger partial charge in [-0.05, 0) is 36.5 Å². The lowest BCUT2D eigenvalue weighted by Crippen LogP contribution is -2.12. The van der Waals surface area contributed by atoms with Crippen LogP contribution in [0.4, 0.5) is 0 Å². The molecule has 3 rings (SSSR count). The smallest absolute Gasteiger partial charge is 0.132 e. The minimum atomic E-state index is 0.392. The number of carbonyl (C=O) groups excluding carboxylic acids is 1. The van der Waals surface area contributed by atoms with Crippen molar-refractivity contribution < 1.29 is 4.79 Å². The van der Waals surface area contributed by atoms with Crippen LogP contribution in [0.2, 0.25) is 0 Å². The molecule has 0 N–H and O–H groups in total. The van der Waals surface area contributed by atoms with Gasteiger partial charge in [0, 0.05) is 37.0 Å². The number of nitriles is 1. The zero-order valence-corrected chi connectivity index (χ0v) is 11.0. The summed E-state index contributed by atoms with van der Waals surface area (Å²) in [5.41, 5.74) is 3.12. The molecule has 1 aliphatic carbocycles. The number of aryl methyl sites for hydroxylation is 1. The first-order valence-electron chi connectivity index (χ1n) is 6.70. The zero-order valence-electron chi connectivity index (χ0n) is 11.0. The van der Waals surface area contributed by atoms with Gasteiger partial charge >= 0.3 is 0 Å². The van der Waals surface area contributed by atoms with Crippen LogP contribution >= 0.6 is 0 Å². The average molecular weight is 252 g/mol. The molecule has 1 saturated carbocycles. The van der Waals surface area contributed by atoms with Gasteiger partial charge in [-0.15, -0.1) is 0 Å². The summed E-state index contributed by atoms with van der Waals surface area (Å²) in [6.45, 7) is 0. The van der Waals surface area contributed by atoms with Gasteiger partial charge in [0.25, 0.3) is 0 Å². The number of ketones is 1. The van der Waals surface area contributed by atoms with Crippen LogP contribution in [0.5, 0.6) is 0 Å². The van der Waals surface area contributed by atoms with Crippen LogP contribution in [0.25, 0.3) is 10.9 Å². The van der Waals surface area contributed by atoms with Crippen molar-refractivity contribution in [2.75, 3.05) is 0 Å². The van der Waals surface area contributed by atoms with E-state index in [0.29, 0.717) is 30.1 Å². The Morgan fingerprint density at radius 2 is 2.05 bits per heavy atom. The Kier molecular flexibility index (Phi) is 2.87. The third-order valence-electron chi connectivity index (χ3n) is 4.13. The third kappa shape index (κ3) is 2.04.